The molecule has 1 fully saturated rings. The van der Waals surface area contributed by atoms with Gasteiger partial charge in [-0.2, -0.15) is 0 Å². The lowest BCUT2D eigenvalue weighted by Crippen LogP contribution is -2.53. The van der Waals surface area contributed by atoms with Crippen molar-refractivity contribution in [2.45, 2.75) is 158 Å². The molecule has 0 amide bonds. The molecule has 1 aliphatic heterocycles. The highest BCUT2D eigenvalue weighted by Crippen LogP contribution is 2.51. The number of esters is 1. The van der Waals surface area contributed by atoms with E-state index in [0.29, 0.717) is 29.7 Å². The van der Waals surface area contributed by atoms with Crippen LogP contribution in [0.15, 0.2) is 57.8 Å². The van der Waals surface area contributed by atoms with Gasteiger partial charge in [0.15, 0.2) is 0 Å². The van der Waals surface area contributed by atoms with Crippen LogP contribution in [0, 0.1) is 16.7 Å². The fourth-order valence-electron chi connectivity index (χ4n) is 6.75. The zero-order chi connectivity index (χ0) is 38.1. The van der Waals surface area contributed by atoms with Crippen molar-refractivity contribution in [3.8, 4) is 0 Å². The predicted molar refractivity (Wildman–Crippen MR) is 213 cm³/mol. The number of nitrogens with zero attached hydrogens (tertiary/aromatic N) is 3. The molecule has 1 aromatic carbocycles. The standard InChI is InChI=1S/C38H58ClN3O4.2C2H6/c1-10-25-46-33(43)26-27-13-15-28(16-14-27)32(19-21-36(4,5)6)42-35(44)31(20-24-40-34(45-9)30(39)11-2)41-38(42)22-17-29(18-23-38)37(7,8)12-3;2*1-2/h11,13-16,24,29,32,35,44H,2,10,12,17-23,25-26H2,1,3-9H3;2*1-2H3/b34-30-,40-24-;;. The number of halogens is 1. The number of benzene rings is 1. The van der Waals surface area contributed by atoms with Crippen molar-refractivity contribution in [2.75, 3.05) is 13.7 Å². The van der Waals surface area contributed by atoms with Gasteiger partial charge in [-0.3, -0.25) is 9.79 Å². The average Bonchev–Trinajstić information content (AvgIpc) is 3.37. The molecule has 1 saturated carbocycles. The molecule has 1 aliphatic carbocycles. The summed E-state index contributed by atoms with van der Waals surface area (Å²) < 4.78 is 10.6. The minimum Gasteiger partial charge on any atom is -0.480 e. The van der Waals surface area contributed by atoms with E-state index in [1.54, 1.807) is 6.21 Å². The van der Waals surface area contributed by atoms with Crippen LogP contribution in [0.5, 0.6) is 0 Å². The van der Waals surface area contributed by atoms with Crippen LogP contribution < -0.4 is 0 Å². The fraction of sp³-hybridized carbons (Fsp3) is 0.690. The number of carbonyl (C=O) groups is 1. The summed E-state index contributed by atoms with van der Waals surface area (Å²) in [6, 6.07) is 8.23. The number of hydrogen-bond donors (Lipinski definition) is 1. The van der Waals surface area contributed by atoms with E-state index in [1.807, 2.05) is 46.8 Å². The number of aliphatic hydroxyl groups is 1. The molecule has 8 heteroatoms. The largest absolute Gasteiger partial charge is 0.480 e. The summed E-state index contributed by atoms with van der Waals surface area (Å²) in [4.78, 5) is 24.4. The topological polar surface area (TPSA) is 83.7 Å². The Morgan fingerprint density at radius 1 is 1.12 bits per heavy atom. The summed E-state index contributed by atoms with van der Waals surface area (Å²) in [6.45, 7) is 27.9. The molecule has 7 nitrogen and oxygen atoms in total. The van der Waals surface area contributed by atoms with Crippen molar-refractivity contribution in [3.05, 3.63) is 59.0 Å². The third-order valence-corrected chi connectivity index (χ3v) is 10.3. The van der Waals surface area contributed by atoms with Crippen molar-refractivity contribution in [2.24, 2.45) is 26.7 Å². The predicted octanol–water partition coefficient (Wildman–Crippen LogP) is 11.2. The molecule has 1 spiro atoms. The molecule has 50 heavy (non-hydrogen) atoms. The van der Waals surface area contributed by atoms with E-state index in [0.717, 1.165) is 62.5 Å². The molecule has 1 aromatic rings. The van der Waals surface area contributed by atoms with Crippen LogP contribution in [0.4, 0.5) is 0 Å². The van der Waals surface area contributed by atoms with Crippen molar-refractivity contribution in [3.63, 3.8) is 0 Å². The van der Waals surface area contributed by atoms with Gasteiger partial charge in [0.2, 0.25) is 5.88 Å². The van der Waals surface area contributed by atoms with E-state index in [1.165, 1.54) is 13.2 Å². The SMILES string of the molecule is C=C/C(Cl)=C(\N=C/CC1=NC2(CCC(C(C)(C)CC)CC2)N(C(CCC(C)(C)C)c2ccc(CC(=O)OCCC)cc2)C1O)OC.CC.CC. The first-order valence-electron chi connectivity index (χ1n) is 19.1. The molecule has 2 atom stereocenters. The minimum atomic E-state index is -0.860. The number of hydrogen-bond acceptors (Lipinski definition) is 7. The van der Waals surface area contributed by atoms with Gasteiger partial charge in [0.1, 0.15) is 16.9 Å². The van der Waals surface area contributed by atoms with Crippen molar-refractivity contribution in [1.82, 2.24) is 4.90 Å². The van der Waals surface area contributed by atoms with Crippen LogP contribution in [0.2, 0.25) is 0 Å². The van der Waals surface area contributed by atoms with Gasteiger partial charge in [-0.1, -0.05) is 125 Å². The molecule has 2 aliphatic rings. The van der Waals surface area contributed by atoms with Gasteiger partial charge in [-0.15, -0.1) is 0 Å². The highest BCUT2D eigenvalue weighted by molar-refractivity contribution is 6.31. The van der Waals surface area contributed by atoms with Gasteiger partial charge in [-0.05, 0) is 78.9 Å². The maximum atomic E-state index is 12.3. The van der Waals surface area contributed by atoms with Crippen LogP contribution in [-0.4, -0.2) is 53.5 Å². The van der Waals surface area contributed by atoms with Crippen molar-refractivity contribution >= 4 is 29.5 Å². The normalized spacial score (nSPS) is 22.1. The second-order valence-electron chi connectivity index (χ2n) is 14.8. The molecule has 1 heterocycles. The maximum absolute atomic E-state index is 12.3. The molecule has 0 radical (unpaired) electrons. The summed E-state index contributed by atoms with van der Waals surface area (Å²) in [6.07, 6.45) is 10.7. The van der Waals surface area contributed by atoms with Gasteiger partial charge in [0, 0.05) is 18.7 Å². The Bertz CT molecular complexity index is 1250. The van der Waals surface area contributed by atoms with Crippen LogP contribution >= 0.6 is 11.6 Å². The first-order valence-corrected chi connectivity index (χ1v) is 19.5. The Morgan fingerprint density at radius 3 is 2.22 bits per heavy atom. The summed E-state index contributed by atoms with van der Waals surface area (Å²) in [5.41, 5.74) is 2.62. The smallest absolute Gasteiger partial charge is 0.310 e. The molecule has 1 N–H and O–H groups in total. The van der Waals surface area contributed by atoms with E-state index in [4.69, 9.17) is 26.1 Å². The number of methoxy groups -OCH3 is 1. The van der Waals surface area contributed by atoms with Crippen LogP contribution in [0.3, 0.4) is 0 Å². The zero-order valence-corrected chi connectivity index (χ0v) is 34.3. The van der Waals surface area contributed by atoms with Crippen molar-refractivity contribution < 1.29 is 19.4 Å². The Balaban J connectivity index is 0.00000301. The monoisotopic (exact) mass is 716 g/mol. The maximum Gasteiger partial charge on any atom is 0.310 e. The number of aliphatic imine (C=N–C) groups is 2. The number of allylic oxidation sites excluding steroid dienone is 2. The first-order chi connectivity index (χ1) is 23.7. The number of ether oxygens (including phenoxy) is 2. The van der Waals surface area contributed by atoms with E-state index in [-0.39, 0.29) is 35.1 Å². The average molecular weight is 716 g/mol. The highest BCUT2D eigenvalue weighted by Gasteiger charge is 2.52. The molecular formula is C42H70ClN3O4. The molecule has 284 valence electrons. The van der Waals surface area contributed by atoms with E-state index < -0.39 is 11.9 Å². The second kappa shape index (κ2) is 21.8. The summed E-state index contributed by atoms with van der Waals surface area (Å²) in [5, 5.41) is 12.4. The number of carbonyl (C=O) groups excluding carboxylic acids is 1. The van der Waals surface area contributed by atoms with Crippen LogP contribution in [0.25, 0.3) is 0 Å². The summed E-state index contributed by atoms with van der Waals surface area (Å²) >= 11 is 6.21. The Kier molecular flexibility index (Phi) is 19.8. The van der Waals surface area contributed by atoms with Crippen LogP contribution in [-0.2, 0) is 20.7 Å². The molecule has 0 saturated heterocycles. The molecule has 3 rings (SSSR count). The van der Waals surface area contributed by atoms with E-state index >= 15 is 0 Å². The lowest BCUT2D eigenvalue weighted by atomic mass is 9.67. The fourth-order valence-corrected chi connectivity index (χ4v) is 6.88. The zero-order valence-electron chi connectivity index (χ0n) is 33.6. The van der Waals surface area contributed by atoms with Gasteiger partial charge >= 0.3 is 5.97 Å². The highest BCUT2D eigenvalue weighted by atomic mass is 35.5. The van der Waals surface area contributed by atoms with Gasteiger partial charge in [0.25, 0.3) is 0 Å². The first kappa shape index (κ1) is 45.5. The van der Waals surface area contributed by atoms with Crippen molar-refractivity contribution in [1.29, 1.82) is 0 Å². The molecule has 0 aromatic heterocycles. The van der Waals surface area contributed by atoms with Crippen LogP contribution in [0.1, 0.15) is 151 Å². The van der Waals surface area contributed by atoms with E-state index in [9.17, 15) is 9.90 Å². The van der Waals surface area contributed by atoms with Gasteiger partial charge in [-0.25, -0.2) is 9.89 Å². The number of rotatable bonds is 15. The Morgan fingerprint density at radius 2 is 1.72 bits per heavy atom. The third-order valence-electron chi connectivity index (χ3n) is 9.97. The van der Waals surface area contributed by atoms with E-state index in [2.05, 4.69) is 70.1 Å². The second-order valence-corrected chi connectivity index (χ2v) is 15.2. The van der Waals surface area contributed by atoms with Gasteiger partial charge < -0.3 is 14.6 Å². The summed E-state index contributed by atoms with van der Waals surface area (Å²) in [7, 11) is 1.52. The summed E-state index contributed by atoms with van der Waals surface area (Å²) in [5.74, 6) is 0.679. The molecule has 2 unspecified atom stereocenters. The lowest BCUT2D eigenvalue weighted by Gasteiger charge is -2.49. The lowest BCUT2D eigenvalue weighted by molar-refractivity contribution is -0.142. The number of aliphatic hydroxyl groups excluding tert-OH is 1. The molecular weight excluding hydrogens is 646 g/mol. The Hall–Kier alpha value is -2.48. The Labute approximate surface area is 310 Å². The van der Waals surface area contributed by atoms with Gasteiger partial charge in [0.05, 0.1) is 25.8 Å². The minimum absolute atomic E-state index is 0.0612. The quantitative estimate of drug-likeness (QED) is 0.0846. The third kappa shape index (κ3) is 12.9. The molecule has 0 bridgehead atoms.